The highest BCUT2D eigenvalue weighted by atomic mass is 16.5. The minimum absolute atomic E-state index is 0.0371. The Morgan fingerprint density at radius 2 is 1.48 bits per heavy atom. The third kappa shape index (κ3) is 5.17. The van der Waals surface area contributed by atoms with Crippen molar-refractivity contribution in [3.05, 3.63) is 102 Å². The van der Waals surface area contributed by atoms with Crippen LogP contribution >= 0.6 is 0 Å². The van der Waals surface area contributed by atoms with Crippen LogP contribution in [0.2, 0.25) is 0 Å². The maximum Gasteiger partial charge on any atom is 0.119 e. The Balaban J connectivity index is 1.77. The van der Waals surface area contributed by atoms with Gasteiger partial charge in [-0.1, -0.05) is 72.8 Å². The summed E-state index contributed by atoms with van der Waals surface area (Å²) in [4.78, 5) is 2.50. The molecule has 0 aromatic heterocycles. The zero-order valence-electron chi connectivity index (χ0n) is 18.4. The van der Waals surface area contributed by atoms with Crippen LogP contribution in [0.1, 0.15) is 42.4 Å². The molecule has 1 fully saturated rings. The van der Waals surface area contributed by atoms with Crippen molar-refractivity contribution >= 4 is 0 Å². The SMILES string of the molecule is CCOc1ccc([C@](O)(Cc2ccccc2)[C@H](CN2CCCC2)c2ccccc2)cc1. The summed E-state index contributed by atoms with van der Waals surface area (Å²) >= 11 is 0. The van der Waals surface area contributed by atoms with Gasteiger partial charge in [-0.15, -0.1) is 0 Å². The van der Waals surface area contributed by atoms with Crippen LogP contribution in [0.25, 0.3) is 0 Å². The Morgan fingerprint density at radius 3 is 2.10 bits per heavy atom. The first-order chi connectivity index (χ1) is 15.2. The number of rotatable bonds is 9. The van der Waals surface area contributed by atoms with Crippen molar-refractivity contribution in [2.24, 2.45) is 0 Å². The van der Waals surface area contributed by atoms with E-state index in [0.29, 0.717) is 13.0 Å². The Labute approximate surface area is 186 Å². The first-order valence-electron chi connectivity index (χ1n) is 11.5. The zero-order valence-corrected chi connectivity index (χ0v) is 18.4. The first kappa shape index (κ1) is 21.6. The van der Waals surface area contributed by atoms with Crippen LogP contribution in [0.5, 0.6) is 5.75 Å². The van der Waals surface area contributed by atoms with Crippen molar-refractivity contribution in [2.45, 2.75) is 37.7 Å². The van der Waals surface area contributed by atoms with E-state index in [9.17, 15) is 5.11 Å². The zero-order chi connectivity index (χ0) is 21.5. The number of benzene rings is 3. The molecule has 0 amide bonds. The summed E-state index contributed by atoms with van der Waals surface area (Å²) in [6.07, 6.45) is 3.04. The summed E-state index contributed by atoms with van der Waals surface area (Å²) in [5.41, 5.74) is 2.23. The minimum atomic E-state index is -1.03. The summed E-state index contributed by atoms with van der Waals surface area (Å²) in [5.74, 6) is 0.800. The molecule has 3 aromatic rings. The Bertz CT molecular complexity index is 920. The van der Waals surface area contributed by atoms with E-state index in [1.807, 2.05) is 55.5 Å². The molecule has 0 bridgehead atoms. The van der Waals surface area contributed by atoms with Gasteiger partial charge >= 0.3 is 0 Å². The van der Waals surface area contributed by atoms with Crippen molar-refractivity contribution < 1.29 is 9.84 Å². The number of likely N-dealkylation sites (tertiary alicyclic amines) is 1. The highest BCUT2D eigenvalue weighted by Crippen LogP contribution is 2.41. The molecule has 2 atom stereocenters. The molecule has 0 aliphatic carbocycles. The lowest BCUT2D eigenvalue weighted by Crippen LogP contribution is -2.42. The van der Waals surface area contributed by atoms with E-state index in [-0.39, 0.29) is 5.92 Å². The lowest BCUT2D eigenvalue weighted by Gasteiger charge is -2.39. The lowest BCUT2D eigenvalue weighted by molar-refractivity contribution is -0.00293. The summed E-state index contributed by atoms with van der Waals surface area (Å²) in [6, 6.07) is 28.9. The van der Waals surface area contributed by atoms with Crippen molar-refractivity contribution in [3.63, 3.8) is 0 Å². The number of ether oxygens (including phenoxy) is 1. The van der Waals surface area contributed by atoms with Crippen LogP contribution in [-0.2, 0) is 12.0 Å². The molecule has 4 rings (SSSR count). The van der Waals surface area contributed by atoms with Crippen LogP contribution < -0.4 is 4.74 Å². The van der Waals surface area contributed by atoms with E-state index in [2.05, 4.69) is 41.3 Å². The van der Waals surface area contributed by atoms with Crippen LogP contribution in [0.15, 0.2) is 84.9 Å². The second-order valence-corrected chi connectivity index (χ2v) is 8.52. The third-order valence-electron chi connectivity index (χ3n) is 6.40. The van der Waals surface area contributed by atoms with Gasteiger partial charge in [0.1, 0.15) is 11.4 Å². The normalized spacial score (nSPS) is 17.2. The van der Waals surface area contributed by atoms with Crippen LogP contribution in [0.4, 0.5) is 0 Å². The van der Waals surface area contributed by atoms with Gasteiger partial charge in [-0.3, -0.25) is 0 Å². The average Bonchev–Trinajstić information content (AvgIpc) is 3.33. The molecular formula is C28H33NO2. The highest BCUT2D eigenvalue weighted by molar-refractivity contribution is 5.37. The standard InChI is InChI=1S/C28H33NO2/c1-2-31-26-17-15-25(16-18-26)28(30,21-23-11-5-3-6-12-23)27(22-29-19-9-10-20-29)24-13-7-4-8-14-24/h3-8,11-18,27,30H,2,9-10,19-22H2,1H3/t27-,28-/m1/s1. The van der Waals surface area contributed by atoms with Gasteiger partial charge in [0.25, 0.3) is 0 Å². The Hall–Kier alpha value is -2.62. The minimum Gasteiger partial charge on any atom is -0.494 e. The predicted octanol–water partition coefficient (Wildman–Crippen LogP) is 5.40. The average molecular weight is 416 g/mol. The molecule has 1 aliphatic heterocycles. The van der Waals surface area contributed by atoms with E-state index >= 15 is 0 Å². The molecule has 162 valence electrons. The lowest BCUT2D eigenvalue weighted by atomic mass is 9.73. The predicted molar refractivity (Wildman–Crippen MR) is 127 cm³/mol. The number of aliphatic hydroxyl groups is 1. The van der Waals surface area contributed by atoms with Gasteiger partial charge in [0, 0.05) is 18.9 Å². The van der Waals surface area contributed by atoms with Crippen molar-refractivity contribution in [3.8, 4) is 5.75 Å². The van der Waals surface area contributed by atoms with Gasteiger partial charge < -0.3 is 14.7 Å². The molecule has 31 heavy (non-hydrogen) atoms. The van der Waals surface area contributed by atoms with Crippen LogP contribution in [-0.4, -0.2) is 36.2 Å². The quantitative estimate of drug-likeness (QED) is 0.508. The number of nitrogens with zero attached hydrogens (tertiary/aromatic N) is 1. The first-order valence-corrected chi connectivity index (χ1v) is 11.5. The Kier molecular flexibility index (Phi) is 7.06. The largest absolute Gasteiger partial charge is 0.494 e. The summed E-state index contributed by atoms with van der Waals surface area (Å²) in [5, 5.41) is 12.5. The van der Waals surface area contributed by atoms with Gasteiger partial charge in [-0.05, 0) is 61.7 Å². The molecule has 1 heterocycles. The maximum atomic E-state index is 12.5. The van der Waals surface area contributed by atoms with Crippen molar-refractivity contribution in [1.82, 2.24) is 4.90 Å². The number of hydrogen-bond acceptors (Lipinski definition) is 3. The molecule has 1 aliphatic rings. The molecule has 0 spiro atoms. The molecule has 1 N–H and O–H groups in total. The van der Waals surface area contributed by atoms with Gasteiger partial charge in [0.2, 0.25) is 0 Å². The van der Waals surface area contributed by atoms with Gasteiger partial charge in [-0.25, -0.2) is 0 Å². The van der Waals surface area contributed by atoms with Crippen LogP contribution in [0.3, 0.4) is 0 Å². The molecule has 0 unspecified atom stereocenters. The third-order valence-corrected chi connectivity index (χ3v) is 6.40. The fourth-order valence-electron chi connectivity index (χ4n) is 4.78. The van der Waals surface area contributed by atoms with Crippen LogP contribution in [0, 0.1) is 0 Å². The van der Waals surface area contributed by atoms with E-state index in [1.165, 1.54) is 18.4 Å². The molecule has 3 aromatic carbocycles. The summed E-state index contributed by atoms with van der Waals surface area (Å²) in [7, 11) is 0. The molecule has 0 radical (unpaired) electrons. The molecule has 0 saturated carbocycles. The fourth-order valence-corrected chi connectivity index (χ4v) is 4.78. The monoisotopic (exact) mass is 415 g/mol. The fraction of sp³-hybridized carbons (Fsp3) is 0.357. The summed E-state index contributed by atoms with van der Waals surface area (Å²) < 4.78 is 5.65. The van der Waals surface area contributed by atoms with Crippen molar-refractivity contribution in [2.75, 3.05) is 26.2 Å². The van der Waals surface area contributed by atoms with E-state index in [4.69, 9.17) is 4.74 Å². The second-order valence-electron chi connectivity index (χ2n) is 8.52. The van der Waals surface area contributed by atoms with E-state index in [1.54, 1.807) is 0 Å². The van der Waals surface area contributed by atoms with Crippen molar-refractivity contribution in [1.29, 1.82) is 0 Å². The number of hydrogen-bond donors (Lipinski definition) is 1. The smallest absolute Gasteiger partial charge is 0.119 e. The molecule has 3 nitrogen and oxygen atoms in total. The maximum absolute atomic E-state index is 12.5. The van der Waals surface area contributed by atoms with Gasteiger partial charge in [0.05, 0.1) is 6.61 Å². The van der Waals surface area contributed by atoms with Gasteiger partial charge in [-0.2, -0.15) is 0 Å². The topological polar surface area (TPSA) is 32.7 Å². The summed E-state index contributed by atoms with van der Waals surface area (Å²) in [6.45, 7) is 5.68. The second kappa shape index (κ2) is 10.1. The molecular weight excluding hydrogens is 382 g/mol. The molecule has 1 saturated heterocycles. The van der Waals surface area contributed by atoms with E-state index < -0.39 is 5.60 Å². The van der Waals surface area contributed by atoms with Gasteiger partial charge in [0.15, 0.2) is 0 Å². The highest BCUT2D eigenvalue weighted by Gasteiger charge is 2.40. The molecule has 3 heteroatoms. The van der Waals surface area contributed by atoms with E-state index in [0.717, 1.165) is 36.5 Å². The Morgan fingerprint density at radius 1 is 0.871 bits per heavy atom.